The van der Waals surface area contributed by atoms with Gasteiger partial charge in [0.15, 0.2) is 0 Å². The molecule has 0 spiro atoms. The predicted molar refractivity (Wildman–Crippen MR) is 80.5 cm³/mol. The molecule has 0 aromatic heterocycles. The van der Waals surface area contributed by atoms with Crippen molar-refractivity contribution in [3.8, 4) is 0 Å². The van der Waals surface area contributed by atoms with Gasteiger partial charge in [-0.15, -0.1) is 0 Å². The van der Waals surface area contributed by atoms with Gasteiger partial charge in [-0.25, -0.2) is 0 Å². The second-order valence-corrected chi connectivity index (χ2v) is 6.78. The first kappa shape index (κ1) is 13.8. The van der Waals surface area contributed by atoms with Crippen LogP contribution in [0.2, 0.25) is 0 Å². The first-order valence-corrected chi connectivity index (χ1v) is 8.60. The third-order valence-electron chi connectivity index (χ3n) is 5.39. The Labute approximate surface area is 118 Å². The van der Waals surface area contributed by atoms with Gasteiger partial charge in [-0.2, -0.15) is 0 Å². The Morgan fingerprint density at radius 2 is 1.53 bits per heavy atom. The van der Waals surface area contributed by atoms with Gasteiger partial charge in [0, 0.05) is 19.1 Å². The van der Waals surface area contributed by atoms with Crippen LogP contribution in [0.4, 0.5) is 0 Å². The average molecular weight is 265 g/mol. The maximum absolute atomic E-state index is 3.63. The van der Waals surface area contributed by atoms with E-state index in [1.54, 1.807) is 0 Å². The summed E-state index contributed by atoms with van der Waals surface area (Å²) in [5.74, 6) is 0.914. The van der Waals surface area contributed by atoms with Crippen LogP contribution in [0.1, 0.15) is 44.9 Å². The number of rotatable bonds is 3. The van der Waals surface area contributed by atoms with Gasteiger partial charge >= 0.3 is 0 Å². The summed E-state index contributed by atoms with van der Waals surface area (Å²) in [6.45, 7) is 9.25. The molecule has 1 N–H and O–H groups in total. The fraction of sp³-hybridized carbons (Fsp3) is 1.00. The fourth-order valence-electron chi connectivity index (χ4n) is 4.26. The van der Waals surface area contributed by atoms with Crippen LogP contribution in [0.5, 0.6) is 0 Å². The summed E-state index contributed by atoms with van der Waals surface area (Å²) in [7, 11) is 0. The van der Waals surface area contributed by atoms with Crippen molar-refractivity contribution in [2.45, 2.75) is 51.0 Å². The van der Waals surface area contributed by atoms with E-state index in [0.29, 0.717) is 0 Å². The Morgan fingerprint density at radius 1 is 0.842 bits per heavy atom. The second kappa shape index (κ2) is 7.05. The van der Waals surface area contributed by atoms with Crippen LogP contribution in [0.25, 0.3) is 0 Å². The van der Waals surface area contributed by atoms with Crippen LogP contribution >= 0.6 is 0 Å². The van der Waals surface area contributed by atoms with Gasteiger partial charge in [0.05, 0.1) is 0 Å². The van der Waals surface area contributed by atoms with Crippen LogP contribution in [0.15, 0.2) is 0 Å². The van der Waals surface area contributed by atoms with Crippen molar-refractivity contribution in [1.82, 2.24) is 15.1 Å². The lowest BCUT2D eigenvalue weighted by Crippen LogP contribution is -2.53. The van der Waals surface area contributed by atoms with Gasteiger partial charge < -0.3 is 10.2 Å². The second-order valence-electron chi connectivity index (χ2n) is 6.78. The number of piperidine rings is 1. The minimum atomic E-state index is 0.819. The third-order valence-corrected chi connectivity index (χ3v) is 5.39. The molecule has 3 saturated heterocycles. The quantitative estimate of drug-likeness (QED) is 0.841. The van der Waals surface area contributed by atoms with Gasteiger partial charge in [-0.3, -0.25) is 4.90 Å². The van der Waals surface area contributed by atoms with E-state index in [9.17, 15) is 0 Å². The monoisotopic (exact) mass is 265 g/mol. The van der Waals surface area contributed by atoms with Crippen molar-refractivity contribution < 1.29 is 0 Å². The molecule has 2 atom stereocenters. The largest absolute Gasteiger partial charge is 0.315 e. The molecule has 0 bridgehead atoms. The lowest BCUT2D eigenvalue weighted by atomic mass is 9.91. The van der Waals surface area contributed by atoms with Crippen LogP contribution < -0.4 is 5.32 Å². The highest BCUT2D eigenvalue weighted by Gasteiger charge is 2.32. The Balaban J connectivity index is 1.56. The summed E-state index contributed by atoms with van der Waals surface area (Å²) in [4.78, 5) is 5.54. The molecule has 3 aliphatic rings. The van der Waals surface area contributed by atoms with Gasteiger partial charge in [0.1, 0.15) is 0 Å². The maximum atomic E-state index is 3.63. The Hall–Kier alpha value is -0.120. The molecule has 3 nitrogen and oxygen atoms in total. The van der Waals surface area contributed by atoms with E-state index in [-0.39, 0.29) is 0 Å². The number of hydrogen-bond donors (Lipinski definition) is 1. The smallest absolute Gasteiger partial charge is 0.0261 e. The van der Waals surface area contributed by atoms with E-state index in [0.717, 1.165) is 12.0 Å². The van der Waals surface area contributed by atoms with E-state index in [1.165, 1.54) is 90.8 Å². The molecule has 3 heteroatoms. The lowest BCUT2D eigenvalue weighted by molar-refractivity contribution is 0.104. The van der Waals surface area contributed by atoms with E-state index in [4.69, 9.17) is 0 Å². The summed E-state index contributed by atoms with van der Waals surface area (Å²) in [5.41, 5.74) is 0. The summed E-state index contributed by atoms with van der Waals surface area (Å²) in [6, 6.07) is 0.819. The van der Waals surface area contributed by atoms with Crippen LogP contribution in [0, 0.1) is 5.92 Å². The lowest BCUT2D eigenvalue weighted by Gasteiger charge is -2.40. The zero-order valence-corrected chi connectivity index (χ0v) is 12.4. The van der Waals surface area contributed by atoms with Gasteiger partial charge in [0.2, 0.25) is 0 Å². The molecule has 0 aromatic carbocycles. The van der Waals surface area contributed by atoms with E-state index in [1.807, 2.05) is 0 Å². The molecule has 3 aliphatic heterocycles. The first-order chi connectivity index (χ1) is 9.43. The van der Waals surface area contributed by atoms with E-state index in [2.05, 4.69) is 15.1 Å². The van der Waals surface area contributed by atoms with Crippen molar-refractivity contribution in [1.29, 1.82) is 0 Å². The van der Waals surface area contributed by atoms with Crippen molar-refractivity contribution >= 4 is 0 Å². The Kier molecular flexibility index (Phi) is 5.14. The van der Waals surface area contributed by atoms with Crippen LogP contribution in [0.3, 0.4) is 0 Å². The fourth-order valence-corrected chi connectivity index (χ4v) is 4.26. The normalized spacial score (nSPS) is 35.4. The minimum Gasteiger partial charge on any atom is -0.315 e. The molecule has 0 amide bonds. The molecular formula is C16H31N3. The Bertz CT molecular complexity index is 255. The number of hydrogen-bond acceptors (Lipinski definition) is 3. The van der Waals surface area contributed by atoms with Gasteiger partial charge in [0.25, 0.3) is 0 Å². The van der Waals surface area contributed by atoms with Crippen molar-refractivity contribution in [3.63, 3.8) is 0 Å². The topological polar surface area (TPSA) is 18.5 Å². The maximum Gasteiger partial charge on any atom is 0.0261 e. The summed E-state index contributed by atoms with van der Waals surface area (Å²) in [5, 5.41) is 3.63. The Morgan fingerprint density at radius 3 is 2.26 bits per heavy atom. The summed E-state index contributed by atoms with van der Waals surface area (Å²) >= 11 is 0. The van der Waals surface area contributed by atoms with E-state index < -0.39 is 0 Å². The molecule has 110 valence electrons. The molecule has 3 rings (SSSR count). The van der Waals surface area contributed by atoms with Crippen molar-refractivity contribution in [3.05, 3.63) is 0 Å². The zero-order chi connectivity index (χ0) is 12.9. The molecule has 3 heterocycles. The molecule has 0 aliphatic carbocycles. The summed E-state index contributed by atoms with van der Waals surface area (Å²) in [6.07, 6.45) is 10.0. The molecule has 0 radical (unpaired) electrons. The van der Waals surface area contributed by atoms with Crippen molar-refractivity contribution in [2.75, 3.05) is 45.8 Å². The SMILES string of the molecule is C1CCCN(CC2CCNCC2N2CCCC2)CC1. The van der Waals surface area contributed by atoms with Crippen molar-refractivity contribution in [2.24, 2.45) is 5.92 Å². The van der Waals surface area contributed by atoms with Gasteiger partial charge in [-0.05, 0) is 70.7 Å². The molecule has 3 fully saturated rings. The standard InChI is InChI=1S/C16H31N3/c1-2-4-10-18(9-3-1)14-15-7-8-17-13-16(15)19-11-5-6-12-19/h15-17H,1-14H2. The molecule has 0 aromatic rings. The summed E-state index contributed by atoms with van der Waals surface area (Å²) < 4.78 is 0. The van der Waals surface area contributed by atoms with Crippen LogP contribution in [-0.4, -0.2) is 61.7 Å². The average Bonchev–Trinajstić information content (AvgIpc) is 2.85. The number of likely N-dealkylation sites (tertiary alicyclic amines) is 2. The predicted octanol–water partition coefficient (Wildman–Crippen LogP) is 1.94. The zero-order valence-electron chi connectivity index (χ0n) is 12.4. The molecule has 19 heavy (non-hydrogen) atoms. The number of nitrogens with one attached hydrogen (secondary N) is 1. The third kappa shape index (κ3) is 3.71. The van der Waals surface area contributed by atoms with E-state index >= 15 is 0 Å². The minimum absolute atomic E-state index is 0.819. The highest BCUT2D eigenvalue weighted by molar-refractivity contribution is 4.89. The molecular weight excluding hydrogens is 234 g/mol. The van der Waals surface area contributed by atoms with Crippen LogP contribution in [-0.2, 0) is 0 Å². The highest BCUT2D eigenvalue weighted by Crippen LogP contribution is 2.24. The highest BCUT2D eigenvalue weighted by atomic mass is 15.2. The first-order valence-electron chi connectivity index (χ1n) is 8.60. The van der Waals surface area contributed by atoms with Gasteiger partial charge in [-0.1, -0.05) is 12.8 Å². The molecule has 2 unspecified atom stereocenters. The number of nitrogens with zero attached hydrogens (tertiary/aromatic N) is 2. The molecule has 0 saturated carbocycles.